The number of fused-ring (bicyclic) bond motifs is 1. The predicted octanol–water partition coefficient (Wildman–Crippen LogP) is 2.38. The highest BCUT2D eigenvalue weighted by molar-refractivity contribution is 7.89. The van der Waals surface area contributed by atoms with E-state index in [0.717, 1.165) is 25.7 Å². The molecule has 3 rings (SSSR count). The molecule has 1 saturated heterocycles. The zero-order chi connectivity index (χ0) is 18.2. The van der Waals surface area contributed by atoms with Gasteiger partial charge in [0.15, 0.2) is 5.78 Å². The van der Waals surface area contributed by atoms with Crippen LogP contribution >= 0.6 is 0 Å². The van der Waals surface area contributed by atoms with Crippen LogP contribution in [0.2, 0.25) is 0 Å². The number of ketones is 1. The maximum Gasteiger partial charge on any atom is 0.324 e. The lowest BCUT2D eigenvalue weighted by atomic mass is 9.85. The molecule has 1 aliphatic carbocycles. The number of sulfonamides is 1. The number of hydrogen-bond acceptors (Lipinski definition) is 5. The second-order valence-corrected chi connectivity index (χ2v) is 8.65. The number of benzene rings is 1. The predicted molar refractivity (Wildman–Crippen MR) is 91.6 cm³/mol. The molecular formula is C18H23NO5S. The molecule has 7 heteroatoms. The molecule has 0 radical (unpaired) electrons. The van der Waals surface area contributed by atoms with Crippen molar-refractivity contribution >= 4 is 21.8 Å². The molecule has 136 valence electrons. The van der Waals surface area contributed by atoms with E-state index >= 15 is 0 Å². The van der Waals surface area contributed by atoms with Gasteiger partial charge in [0.2, 0.25) is 10.0 Å². The maximum absolute atomic E-state index is 13.2. The van der Waals surface area contributed by atoms with Gasteiger partial charge in [0, 0.05) is 11.6 Å². The minimum atomic E-state index is -3.83. The number of carbonyl (C=O) groups excluding carboxylic acids is 2. The number of nitrogens with zero attached hydrogens (tertiary/aromatic N) is 1. The monoisotopic (exact) mass is 365 g/mol. The lowest BCUT2D eigenvalue weighted by Gasteiger charge is -2.32. The average molecular weight is 365 g/mol. The van der Waals surface area contributed by atoms with Crippen LogP contribution in [0.5, 0.6) is 0 Å². The Balaban J connectivity index is 1.99. The molecule has 0 unspecified atom stereocenters. The van der Waals surface area contributed by atoms with Crippen LogP contribution in [0.3, 0.4) is 0 Å². The highest BCUT2D eigenvalue weighted by atomic mass is 32.2. The number of Topliss-reactive ketones (excluding diaryl/α,β-unsaturated/α-hetero) is 1. The van der Waals surface area contributed by atoms with E-state index in [1.165, 1.54) is 42.6 Å². The highest BCUT2D eigenvalue weighted by Crippen LogP contribution is 2.43. The van der Waals surface area contributed by atoms with E-state index in [4.69, 9.17) is 4.74 Å². The van der Waals surface area contributed by atoms with Crippen molar-refractivity contribution in [2.24, 2.45) is 5.92 Å². The molecule has 25 heavy (non-hydrogen) atoms. The van der Waals surface area contributed by atoms with E-state index in [-0.39, 0.29) is 22.6 Å². The summed E-state index contributed by atoms with van der Waals surface area (Å²) in [7, 11) is -2.55. The number of methoxy groups -OCH3 is 1. The van der Waals surface area contributed by atoms with Gasteiger partial charge in [-0.25, -0.2) is 8.42 Å². The van der Waals surface area contributed by atoms with Crippen LogP contribution in [-0.2, 0) is 19.6 Å². The SMILES string of the molecule is COC(=O)[C@@H]1C[C@H]2CCCC[C@H]2N1S(=O)(=O)c1ccc(C(C)=O)cc1. The molecule has 1 heterocycles. The fourth-order valence-electron chi connectivity index (χ4n) is 4.09. The summed E-state index contributed by atoms with van der Waals surface area (Å²) < 4.78 is 32.7. The van der Waals surface area contributed by atoms with Crippen LogP contribution in [0.15, 0.2) is 29.2 Å². The van der Waals surface area contributed by atoms with E-state index in [0.29, 0.717) is 12.0 Å². The largest absolute Gasteiger partial charge is 0.468 e. The van der Waals surface area contributed by atoms with E-state index in [2.05, 4.69) is 0 Å². The molecule has 1 saturated carbocycles. The summed E-state index contributed by atoms with van der Waals surface area (Å²) in [6.07, 6.45) is 4.25. The Kier molecular flexibility index (Phi) is 4.97. The van der Waals surface area contributed by atoms with Gasteiger partial charge in [0.25, 0.3) is 0 Å². The summed E-state index contributed by atoms with van der Waals surface area (Å²) in [6.45, 7) is 1.43. The van der Waals surface area contributed by atoms with E-state index < -0.39 is 22.0 Å². The molecular weight excluding hydrogens is 342 g/mol. The van der Waals surface area contributed by atoms with Crippen LogP contribution in [0.1, 0.15) is 49.4 Å². The Morgan fingerprint density at radius 3 is 2.36 bits per heavy atom. The van der Waals surface area contributed by atoms with Crippen molar-refractivity contribution in [2.75, 3.05) is 7.11 Å². The molecule has 6 nitrogen and oxygen atoms in total. The van der Waals surface area contributed by atoms with Crippen LogP contribution in [0.4, 0.5) is 0 Å². The Labute approximate surface area is 148 Å². The van der Waals surface area contributed by atoms with Crippen molar-refractivity contribution in [2.45, 2.75) is 56.0 Å². The summed E-state index contributed by atoms with van der Waals surface area (Å²) in [6, 6.07) is 4.98. The van der Waals surface area contributed by atoms with E-state index in [1.54, 1.807) is 0 Å². The van der Waals surface area contributed by atoms with Crippen molar-refractivity contribution < 1.29 is 22.7 Å². The van der Waals surface area contributed by atoms with Gasteiger partial charge in [-0.05, 0) is 44.2 Å². The number of esters is 1. The molecule has 0 bridgehead atoms. The molecule has 1 aromatic carbocycles. The van der Waals surface area contributed by atoms with Gasteiger partial charge < -0.3 is 4.74 Å². The first-order chi connectivity index (χ1) is 11.9. The van der Waals surface area contributed by atoms with Gasteiger partial charge in [0.1, 0.15) is 6.04 Å². The Morgan fingerprint density at radius 1 is 1.12 bits per heavy atom. The van der Waals surface area contributed by atoms with Gasteiger partial charge in [-0.2, -0.15) is 4.31 Å². The van der Waals surface area contributed by atoms with Crippen LogP contribution in [0, 0.1) is 5.92 Å². The summed E-state index contributed by atoms with van der Waals surface area (Å²) in [4.78, 5) is 23.7. The summed E-state index contributed by atoms with van der Waals surface area (Å²) in [5.74, 6) is -0.424. The zero-order valence-electron chi connectivity index (χ0n) is 14.5. The smallest absolute Gasteiger partial charge is 0.324 e. The van der Waals surface area contributed by atoms with Gasteiger partial charge in [-0.1, -0.05) is 25.0 Å². The number of ether oxygens (including phenoxy) is 1. The third-order valence-electron chi connectivity index (χ3n) is 5.34. The molecule has 2 fully saturated rings. The third kappa shape index (κ3) is 3.22. The van der Waals surface area contributed by atoms with Gasteiger partial charge in [-0.3, -0.25) is 9.59 Å². The maximum atomic E-state index is 13.2. The molecule has 1 aromatic rings. The molecule has 0 N–H and O–H groups in total. The van der Waals surface area contributed by atoms with Crippen molar-refractivity contribution in [3.8, 4) is 0 Å². The first kappa shape index (κ1) is 18.1. The van der Waals surface area contributed by atoms with Gasteiger partial charge in [-0.15, -0.1) is 0 Å². The first-order valence-electron chi connectivity index (χ1n) is 8.58. The van der Waals surface area contributed by atoms with Gasteiger partial charge >= 0.3 is 5.97 Å². The van der Waals surface area contributed by atoms with E-state index in [9.17, 15) is 18.0 Å². The fraction of sp³-hybridized carbons (Fsp3) is 0.556. The number of carbonyl (C=O) groups is 2. The lowest BCUT2D eigenvalue weighted by molar-refractivity contribution is -0.144. The topological polar surface area (TPSA) is 80.8 Å². The van der Waals surface area contributed by atoms with E-state index in [1.807, 2.05) is 0 Å². The number of rotatable bonds is 4. The fourth-order valence-corrected chi connectivity index (χ4v) is 5.95. The second kappa shape index (κ2) is 6.88. The van der Waals surface area contributed by atoms with Crippen LogP contribution < -0.4 is 0 Å². The first-order valence-corrected chi connectivity index (χ1v) is 10.0. The molecule has 0 aromatic heterocycles. The Bertz CT molecular complexity index is 771. The summed E-state index contributed by atoms with van der Waals surface area (Å²) in [5.41, 5.74) is 0.459. The van der Waals surface area contributed by atoms with Crippen molar-refractivity contribution in [3.05, 3.63) is 29.8 Å². The molecule has 0 amide bonds. The molecule has 3 atom stereocenters. The highest BCUT2D eigenvalue weighted by Gasteiger charge is 2.51. The zero-order valence-corrected chi connectivity index (χ0v) is 15.3. The van der Waals surface area contributed by atoms with Crippen molar-refractivity contribution in [1.29, 1.82) is 0 Å². The minimum Gasteiger partial charge on any atom is -0.468 e. The van der Waals surface area contributed by atoms with Crippen LogP contribution in [-0.4, -0.2) is 43.7 Å². The van der Waals surface area contributed by atoms with Crippen molar-refractivity contribution in [3.63, 3.8) is 0 Å². The lowest BCUT2D eigenvalue weighted by Crippen LogP contribution is -2.46. The van der Waals surface area contributed by atoms with Gasteiger partial charge in [0.05, 0.1) is 12.0 Å². The summed E-state index contributed by atoms with van der Waals surface area (Å²) >= 11 is 0. The summed E-state index contributed by atoms with van der Waals surface area (Å²) in [5, 5.41) is 0. The second-order valence-electron chi connectivity index (χ2n) is 6.80. The molecule has 0 spiro atoms. The Hall–Kier alpha value is -1.73. The molecule has 2 aliphatic rings. The quantitative estimate of drug-likeness (QED) is 0.604. The minimum absolute atomic E-state index is 0.109. The third-order valence-corrected chi connectivity index (χ3v) is 7.29. The average Bonchev–Trinajstić information content (AvgIpc) is 3.01. The van der Waals surface area contributed by atoms with Crippen molar-refractivity contribution in [1.82, 2.24) is 4.31 Å². The molecule has 1 aliphatic heterocycles. The number of hydrogen-bond donors (Lipinski definition) is 0. The normalized spacial score (nSPS) is 26.9. The standard InChI is InChI=1S/C18H23NO5S/c1-12(20)13-7-9-15(10-8-13)25(22,23)19-16-6-4-3-5-14(16)11-17(19)18(21)24-2/h7-10,14,16-17H,3-6,11H2,1-2H3/t14-,16-,17+/m1/s1. The van der Waals surface area contributed by atoms with Crippen LogP contribution in [0.25, 0.3) is 0 Å². The Morgan fingerprint density at radius 2 is 1.76 bits per heavy atom.